The molecule has 1 fully saturated rings. The molecule has 0 radical (unpaired) electrons. The van der Waals surface area contributed by atoms with Crippen LogP contribution in [-0.2, 0) is 4.79 Å². The average molecular weight is 253 g/mol. The van der Waals surface area contributed by atoms with E-state index in [1.54, 1.807) is 14.0 Å². The summed E-state index contributed by atoms with van der Waals surface area (Å²) in [6.07, 6.45) is 2.78. The van der Waals surface area contributed by atoms with Crippen LogP contribution < -0.4 is 5.32 Å². The van der Waals surface area contributed by atoms with Crippen molar-refractivity contribution in [2.75, 3.05) is 7.05 Å². The highest BCUT2D eigenvalue weighted by Crippen LogP contribution is 2.30. The number of carboxylic acid groups (broad SMARTS) is 1. The van der Waals surface area contributed by atoms with Crippen LogP contribution in [0, 0.1) is 11.3 Å². The number of carbonyl (C=O) groups excluding carboxylic acids is 1. The van der Waals surface area contributed by atoms with E-state index in [1.165, 1.54) is 4.90 Å². The predicted molar refractivity (Wildman–Crippen MR) is 64.8 cm³/mol. The number of amides is 2. The van der Waals surface area contributed by atoms with E-state index in [1.807, 2.05) is 6.07 Å². The zero-order chi connectivity index (χ0) is 13.8. The number of carbonyl (C=O) groups is 2. The molecule has 1 aliphatic carbocycles. The Kier molecular flexibility index (Phi) is 4.54. The van der Waals surface area contributed by atoms with Gasteiger partial charge in [-0.1, -0.05) is 12.8 Å². The minimum atomic E-state index is -1.13. The molecule has 2 N–H and O–H groups in total. The number of nitrogens with one attached hydrogen (secondary N) is 1. The van der Waals surface area contributed by atoms with Crippen molar-refractivity contribution in [3.05, 3.63) is 0 Å². The molecule has 0 aliphatic heterocycles. The largest absolute Gasteiger partial charge is 0.480 e. The molecule has 2 amide bonds. The van der Waals surface area contributed by atoms with Crippen molar-refractivity contribution in [2.45, 2.75) is 50.6 Å². The minimum absolute atomic E-state index is 0.226. The Morgan fingerprint density at radius 2 is 2.06 bits per heavy atom. The van der Waals surface area contributed by atoms with Crippen molar-refractivity contribution in [3.63, 3.8) is 0 Å². The van der Waals surface area contributed by atoms with Gasteiger partial charge in [0.2, 0.25) is 0 Å². The highest BCUT2D eigenvalue weighted by molar-refractivity contribution is 5.86. The Morgan fingerprint density at radius 3 is 2.50 bits per heavy atom. The van der Waals surface area contributed by atoms with Gasteiger partial charge in [0.15, 0.2) is 0 Å². The molecular weight excluding hydrogens is 234 g/mol. The molecule has 1 rings (SSSR count). The number of rotatable bonds is 4. The van der Waals surface area contributed by atoms with Crippen LogP contribution in [0.3, 0.4) is 0 Å². The van der Waals surface area contributed by atoms with Crippen LogP contribution in [-0.4, -0.2) is 40.6 Å². The maximum Gasteiger partial charge on any atom is 0.329 e. The third kappa shape index (κ3) is 2.92. The molecule has 0 spiro atoms. The van der Waals surface area contributed by atoms with Crippen LogP contribution in [0.5, 0.6) is 0 Å². The van der Waals surface area contributed by atoms with Gasteiger partial charge >= 0.3 is 12.0 Å². The van der Waals surface area contributed by atoms with Crippen LogP contribution in [0.1, 0.15) is 39.0 Å². The van der Waals surface area contributed by atoms with E-state index in [0.29, 0.717) is 12.8 Å². The van der Waals surface area contributed by atoms with E-state index in [4.69, 9.17) is 5.26 Å². The lowest BCUT2D eigenvalue weighted by Gasteiger charge is -2.30. The molecule has 1 atom stereocenters. The minimum Gasteiger partial charge on any atom is -0.480 e. The second kappa shape index (κ2) is 5.71. The molecule has 0 aromatic carbocycles. The SMILES string of the molecule is CC(CC#N)N(C)C(=O)NC1(C(=O)O)CCCC1. The lowest BCUT2D eigenvalue weighted by Crippen LogP contribution is -2.56. The first-order valence-corrected chi connectivity index (χ1v) is 6.08. The van der Waals surface area contributed by atoms with Crippen LogP contribution in [0.25, 0.3) is 0 Å². The highest BCUT2D eigenvalue weighted by atomic mass is 16.4. The van der Waals surface area contributed by atoms with Gasteiger partial charge in [0, 0.05) is 13.1 Å². The number of nitrogens with zero attached hydrogens (tertiary/aromatic N) is 2. The predicted octanol–water partition coefficient (Wildman–Crippen LogP) is 1.33. The van der Waals surface area contributed by atoms with Crippen molar-refractivity contribution in [1.29, 1.82) is 5.26 Å². The van der Waals surface area contributed by atoms with Crippen molar-refractivity contribution in [3.8, 4) is 6.07 Å². The summed E-state index contributed by atoms with van der Waals surface area (Å²) in [7, 11) is 1.57. The molecule has 6 nitrogen and oxygen atoms in total. The fourth-order valence-electron chi connectivity index (χ4n) is 2.13. The van der Waals surface area contributed by atoms with Gasteiger partial charge in [-0.2, -0.15) is 5.26 Å². The molecule has 100 valence electrons. The highest BCUT2D eigenvalue weighted by Gasteiger charge is 2.43. The van der Waals surface area contributed by atoms with Gasteiger partial charge in [-0.3, -0.25) is 0 Å². The Bertz CT molecular complexity index is 369. The van der Waals surface area contributed by atoms with E-state index in [-0.39, 0.29) is 12.5 Å². The molecule has 0 heterocycles. The first-order valence-electron chi connectivity index (χ1n) is 6.08. The van der Waals surface area contributed by atoms with Crippen LogP contribution in [0.15, 0.2) is 0 Å². The van der Waals surface area contributed by atoms with E-state index in [0.717, 1.165) is 12.8 Å². The summed E-state index contributed by atoms with van der Waals surface area (Å²) >= 11 is 0. The molecule has 18 heavy (non-hydrogen) atoms. The molecular formula is C12H19N3O3. The van der Waals surface area contributed by atoms with E-state index >= 15 is 0 Å². The zero-order valence-electron chi connectivity index (χ0n) is 10.8. The second-order valence-electron chi connectivity index (χ2n) is 4.85. The molecule has 0 saturated heterocycles. The Balaban J connectivity index is 2.68. The maximum atomic E-state index is 12.0. The number of aliphatic carboxylic acids is 1. The van der Waals surface area contributed by atoms with Crippen molar-refractivity contribution < 1.29 is 14.7 Å². The fraction of sp³-hybridized carbons (Fsp3) is 0.750. The standard InChI is InChI=1S/C12H19N3O3/c1-9(5-8-13)15(2)11(18)14-12(10(16)17)6-3-4-7-12/h9H,3-7H2,1-2H3,(H,14,18)(H,16,17). The molecule has 1 aliphatic rings. The van der Waals surface area contributed by atoms with Crippen LogP contribution in [0.2, 0.25) is 0 Å². The second-order valence-corrected chi connectivity index (χ2v) is 4.85. The summed E-state index contributed by atoms with van der Waals surface area (Å²) in [5.41, 5.74) is -1.13. The Hall–Kier alpha value is -1.77. The lowest BCUT2D eigenvalue weighted by molar-refractivity contribution is -0.144. The van der Waals surface area contributed by atoms with Gasteiger partial charge < -0.3 is 15.3 Å². The fourth-order valence-corrected chi connectivity index (χ4v) is 2.13. The molecule has 1 unspecified atom stereocenters. The molecule has 0 bridgehead atoms. The zero-order valence-corrected chi connectivity index (χ0v) is 10.8. The summed E-state index contributed by atoms with van der Waals surface area (Å²) in [6.45, 7) is 1.75. The Labute approximate surface area is 107 Å². The van der Waals surface area contributed by atoms with Gasteiger partial charge in [0.05, 0.1) is 12.5 Å². The number of carboxylic acids is 1. The molecule has 1 saturated carbocycles. The number of urea groups is 1. The van der Waals surface area contributed by atoms with Crippen LogP contribution in [0.4, 0.5) is 4.79 Å². The summed E-state index contributed by atoms with van der Waals surface area (Å²) in [5, 5.41) is 20.4. The van der Waals surface area contributed by atoms with Crippen molar-refractivity contribution in [1.82, 2.24) is 10.2 Å². The summed E-state index contributed by atoms with van der Waals surface area (Å²) in [6, 6.07) is 1.33. The average Bonchev–Trinajstić information content (AvgIpc) is 2.78. The molecule has 6 heteroatoms. The third-order valence-electron chi connectivity index (χ3n) is 3.58. The smallest absolute Gasteiger partial charge is 0.329 e. The van der Waals surface area contributed by atoms with E-state index in [2.05, 4.69) is 5.32 Å². The van der Waals surface area contributed by atoms with Gasteiger partial charge in [-0.05, 0) is 19.8 Å². The first kappa shape index (κ1) is 14.3. The third-order valence-corrected chi connectivity index (χ3v) is 3.58. The van der Waals surface area contributed by atoms with Gasteiger partial charge in [0.1, 0.15) is 5.54 Å². The quantitative estimate of drug-likeness (QED) is 0.790. The molecule has 0 aromatic rings. The van der Waals surface area contributed by atoms with Gasteiger partial charge in [0.25, 0.3) is 0 Å². The normalized spacial score (nSPS) is 18.7. The van der Waals surface area contributed by atoms with Crippen LogP contribution >= 0.6 is 0 Å². The van der Waals surface area contributed by atoms with E-state index in [9.17, 15) is 14.7 Å². The summed E-state index contributed by atoms with van der Waals surface area (Å²) in [5.74, 6) is -0.977. The number of nitriles is 1. The lowest BCUT2D eigenvalue weighted by atomic mass is 9.98. The van der Waals surface area contributed by atoms with E-state index < -0.39 is 17.5 Å². The maximum absolute atomic E-state index is 12.0. The number of hydrogen-bond donors (Lipinski definition) is 2. The van der Waals surface area contributed by atoms with Crippen molar-refractivity contribution >= 4 is 12.0 Å². The van der Waals surface area contributed by atoms with Gasteiger partial charge in [-0.25, -0.2) is 9.59 Å². The summed E-state index contributed by atoms with van der Waals surface area (Å²) in [4.78, 5) is 24.6. The molecule has 0 aromatic heterocycles. The first-order chi connectivity index (χ1) is 8.43. The van der Waals surface area contributed by atoms with Crippen molar-refractivity contribution in [2.24, 2.45) is 0 Å². The monoisotopic (exact) mass is 253 g/mol. The summed E-state index contributed by atoms with van der Waals surface area (Å²) < 4.78 is 0. The number of hydrogen-bond acceptors (Lipinski definition) is 3. The van der Waals surface area contributed by atoms with Gasteiger partial charge in [-0.15, -0.1) is 0 Å². The Morgan fingerprint density at radius 1 is 1.50 bits per heavy atom. The topological polar surface area (TPSA) is 93.4 Å².